The molecular weight excluding hydrogens is 258 g/mol. The van der Waals surface area contributed by atoms with Crippen LogP contribution in [0.25, 0.3) is 0 Å². The molecule has 2 N–H and O–H groups in total. The first-order valence-electron chi connectivity index (χ1n) is 5.35. The summed E-state index contributed by atoms with van der Waals surface area (Å²) in [4.78, 5) is 17.4. The fourth-order valence-electron chi connectivity index (χ4n) is 1.72. The third-order valence-electron chi connectivity index (χ3n) is 2.57. The Bertz CT molecular complexity index is 552. The highest BCUT2D eigenvalue weighted by atomic mass is 32.2. The quantitative estimate of drug-likeness (QED) is 0.758. The number of amides is 1. The van der Waals surface area contributed by atoms with E-state index >= 15 is 0 Å². The third kappa shape index (κ3) is 2.66. The molecule has 0 saturated carbocycles. The minimum absolute atomic E-state index is 0.00176. The van der Waals surface area contributed by atoms with E-state index < -0.39 is 15.9 Å². The monoisotopic (exact) mass is 271 g/mol. The van der Waals surface area contributed by atoms with Crippen molar-refractivity contribution in [2.24, 2.45) is 5.14 Å². The van der Waals surface area contributed by atoms with Gasteiger partial charge in [0.15, 0.2) is 5.03 Å². The average molecular weight is 271 g/mol. The Balaban J connectivity index is 2.36. The molecule has 2 heterocycles. The van der Waals surface area contributed by atoms with Crippen molar-refractivity contribution in [1.29, 1.82) is 0 Å². The number of pyridine rings is 1. The number of primary sulfonamides is 1. The molecule has 1 aromatic heterocycles. The highest BCUT2D eigenvalue weighted by Crippen LogP contribution is 2.14. The lowest BCUT2D eigenvalue weighted by atomic mass is 10.2. The van der Waals surface area contributed by atoms with Gasteiger partial charge >= 0.3 is 0 Å². The summed E-state index contributed by atoms with van der Waals surface area (Å²) in [5.74, 6) is -0.393. The van der Waals surface area contributed by atoms with Gasteiger partial charge in [0.05, 0.1) is 18.8 Å². The second-order valence-electron chi connectivity index (χ2n) is 3.81. The third-order valence-corrected chi connectivity index (χ3v) is 3.43. The van der Waals surface area contributed by atoms with Gasteiger partial charge in [0.25, 0.3) is 15.9 Å². The van der Waals surface area contributed by atoms with Gasteiger partial charge in [-0.2, -0.15) is 0 Å². The minimum Gasteiger partial charge on any atom is -0.378 e. The number of nitrogens with zero attached hydrogens (tertiary/aromatic N) is 2. The summed E-state index contributed by atoms with van der Waals surface area (Å²) in [5, 5.41) is 4.65. The zero-order valence-corrected chi connectivity index (χ0v) is 10.4. The first-order valence-corrected chi connectivity index (χ1v) is 6.89. The van der Waals surface area contributed by atoms with Gasteiger partial charge in [-0.25, -0.2) is 18.5 Å². The zero-order chi connectivity index (χ0) is 13.2. The largest absolute Gasteiger partial charge is 0.378 e. The summed E-state index contributed by atoms with van der Waals surface area (Å²) in [6.07, 6.45) is 1.29. The van der Waals surface area contributed by atoms with Crippen molar-refractivity contribution >= 4 is 15.9 Å². The number of rotatable bonds is 2. The fraction of sp³-hybridized carbons (Fsp3) is 0.400. The van der Waals surface area contributed by atoms with E-state index in [1.54, 1.807) is 0 Å². The molecule has 0 aliphatic carbocycles. The predicted octanol–water partition coefficient (Wildman–Crippen LogP) is -0.799. The van der Waals surface area contributed by atoms with E-state index in [0.717, 1.165) is 0 Å². The molecule has 8 heteroatoms. The highest BCUT2D eigenvalue weighted by Gasteiger charge is 2.25. The van der Waals surface area contributed by atoms with Crippen molar-refractivity contribution in [3.63, 3.8) is 0 Å². The smallest absolute Gasteiger partial charge is 0.257 e. The van der Waals surface area contributed by atoms with Crippen LogP contribution in [0.2, 0.25) is 0 Å². The van der Waals surface area contributed by atoms with Crippen LogP contribution >= 0.6 is 0 Å². The summed E-state index contributed by atoms with van der Waals surface area (Å²) in [6, 6.07) is 2.91. The van der Waals surface area contributed by atoms with Crippen LogP contribution in [0.3, 0.4) is 0 Å². The Morgan fingerprint density at radius 2 is 2.06 bits per heavy atom. The molecule has 0 spiro atoms. The van der Waals surface area contributed by atoms with Crippen LogP contribution in [0, 0.1) is 0 Å². The van der Waals surface area contributed by atoms with Gasteiger partial charge in [-0.15, -0.1) is 0 Å². The molecule has 1 aliphatic heterocycles. The molecule has 1 amide bonds. The number of nitrogens with two attached hydrogens (primary N) is 1. The zero-order valence-electron chi connectivity index (χ0n) is 9.57. The second kappa shape index (κ2) is 5.01. The molecule has 0 unspecified atom stereocenters. The van der Waals surface area contributed by atoms with Gasteiger partial charge in [0.1, 0.15) is 0 Å². The van der Waals surface area contributed by atoms with Crippen LogP contribution in [0.4, 0.5) is 0 Å². The lowest BCUT2D eigenvalue weighted by Crippen LogP contribution is -2.41. The summed E-state index contributed by atoms with van der Waals surface area (Å²) in [7, 11) is -4.01. The van der Waals surface area contributed by atoms with Crippen LogP contribution < -0.4 is 5.14 Å². The molecule has 98 valence electrons. The molecule has 2 rings (SSSR count). The van der Waals surface area contributed by atoms with E-state index in [4.69, 9.17) is 9.88 Å². The molecule has 7 nitrogen and oxygen atoms in total. The molecule has 1 aliphatic rings. The number of hydrogen-bond acceptors (Lipinski definition) is 5. The SMILES string of the molecule is NS(=O)(=O)c1ncccc1C(=O)N1CCOCC1. The van der Waals surface area contributed by atoms with Crippen LogP contribution in [0.5, 0.6) is 0 Å². The number of sulfonamides is 1. The van der Waals surface area contributed by atoms with Crippen molar-refractivity contribution in [3.05, 3.63) is 23.9 Å². The molecule has 0 bridgehead atoms. The normalized spacial score (nSPS) is 16.6. The number of carbonyl (C=O) groups excluding carboxylic acids is 1. The van der Waals surface area contributed by atoms with Crippen molar-refractivity contribution in [1.82, 2.24) is 9.88 Å². The van der Waals surface area contributed by atoms with Crippen molar-refractivity contribution in [2.45, 2.75) is 5.03 Å². The van der Waals surface area contributed by atoms with Crippen molar-refractivity contribution < 1.29 is 17.9 Å². The molecule has 0 aromatic carbocycles. The number of morpholine rings is 1. The molecule has 1 saturated heterocycles. The summed E-state index contributed by atoms with van der Waals surface area (Å²) in [5.41, 5.74) is 0.00176. The van der Waals surface area contributed by atoms with Crippen LogP contribution in [0.1, 0.15) is 10.4 Å². The Hall–Kier alpha value is -1.51. The molecule has 0 atom stereocenters. The first-order chi connectivity index (χ1) is 8.50. The van der Waals surface area contributed by atoms with Crippen LogP contribution in [0.15, 0.2) is 23.4 Å². The lowest BCUT2D eigenvalue weighted by molar-refractivity contribution is 0.0300. The van der Waals surface area contributed by atoms with Gasteiger partial charge in [-0.3, -0.25) is 4.79 Å². The fourth-order valence-corrected chi connectivity index (χ4v) is 2.39. The number of hydrogen-bond donors (Lipinski definition) is 1. The van der Waals surface area contributed by atoms with Crippen molar-refractivity contribution in [3.8, 4) is 0 Å². The van der Waals surface area contributed by atoms with Gasteiger partial charge in [-0.1, -0.05) is 0 Å². The molecular formula is C10H13N3O4S. The highest BCUT2D eigenvalue weighted by molar-refractivity contribution is 7.89. The van der Waals surface area contributed by atoms with E-state index in [-0.39, 0.29) is 10.6 Å². The van der Waals surface area contributed by atoms with Gasteiger partial charge in [-0.05, 0) is 12.1 Å². The molecule has 0 radical (unpaired) electrons. The minimum atomic E-state index is -4.01. The second-order valence-corrected chi connectivity index (χ2v) is 5.28. The van der Waals surface area contributed by atoms with Gasteiger partial charge in [0.2, 0.25) is 0 Å². The standard InChI is InChI=1S/C10H13N3O4S/c11-18(15,16)9-8(2-1-3-12-9)10(14)13-4-6-17-7-5-13/h1-3H,4-7H2,(H2,11,15,16). The molecule has 1 fully saturated rings. The van der Waals surface area contributed by atoms with Gasteiger partial charge < -0.3 is 9.64 Å². The van der Waals surface area contributed by atoms with E-state index in [2.05, 4.69) is 4.98 Å². The number of aromatic nitrogens is 1. The Morgan fingerprint density at radius 3 is 2.67 bits per heavy atom. The van der Waals surface area contributed by atoms with E-state index in [0.29, 0.717) is 26.3 Å². The summed E-state index contributed by atoms with van der Waals surface area (Å²) >= 11 is 0. The molecule has 18 heavy (non-hydrogen) atoms. The summed E-state index contributed by atoms with van der Waals surface area (Å²) in [6.45, 7) is 1.74. The molecule has 1 aromatic rings. The maximum atomic E-state index is 12.2. The lowest BCUT2D eigenvalue weighted by Gasteiger charge is -2.27. The van der Waals surface area contributed by atoms with E-state index in [9.17, 15) is 13.2 Å². The number of carbonyl (C=O) groups is 1. The van der Waals surface area contributed by atoms with Crippen LogP contribution in [-0.2, 0) is 14.8 Å². The Morgan fingerprint density at radius 1 is 1.39 bits per heavy atom. The topological polar surface area (TPSA) is 103 Å². The van der Waals surface area contributed by atoms with E-state index in [1.165, 1.54) is 23.2 Å². The summed E-state index contributed by atoms with van der Waals surface area (Å²) < 4.78 is 27.9. The van der Waals surface area contributed by atoms with E-state index in [1.807, 2.05) is 0 Å². The van der Waals surface area contributed by atoms with Crippen molar-refractivity contribution in [2.75, 3.05) is 26.3 Å². The Kier molecular flexibility index (Phi) is 3.60. The first kappa shape index (κ1) is 12.9. The Labute approximate surface area is 105 Å². The van der Waals surface area contributed by atoms with Gasteiger partial charge in [0, 0.05) is 19.3 Å². The average Bonchev–Trinajstić information content (AvgIpc) is 2.38. The maximum Gasteiger partial charge on any atom is 0.257 e. The van der Waals surface area contributed by atoms with Crippen LogP contribution in [-0.4, -0.2) is 50.5 Å². The predicted molar refractivity (Wildman–Crippen MR) is 62.3 cm³/mol. The maximum absolute atomic E-state index is 12.2. The number of ether oxygens (including phenoxy) is 1.